The lowest BCUT2D eigenvalue weighted by Gasteiger charge is -2.23. The standard InChI is InChI=1S/C14H18N2O2S/c1-16-10-3-2-4-11(17)13(10)19-12(16)7-8-15-14(18)9-5-6-9/h2-3,9,12H,4-8H2,1H3,(H,15,18). The van der Waals surface area contributed by atoms with Crippen molar-refractivity contribution >= 4 is 23.5 Å². The Labute approximate surface area is 117 Å². The minimum atomic E-state index is 0.194. The lowest BCUT2D eigenvalue weighted by Crippen LogP contribution is -2.31. The summed E-state index contributed by atoms with van der Waals surface area (Å²) in [6.45, 7) is 0.690. The predicted molar refractivity (Wildman–Crippen MR) is 75.3 cm³/mol. The molecule has 1 N–H and O–H groups in total. The lowest BCUT2D eigenvalue weighted by atomic mass is 10.1. The number of thioether (sulfide) groups is 1. The molecule has 19 heavy (non-hydrogen) atoms. The smallest absolute Gasteiger partial charge is 0.223 e. The number of hydrogen-bond acceptors (Lipinski definition) is 4. The maximum absolute atomic E-state index is 11.8. The Balaban J connectivity index is 1.52. The van der Waals surface area contributed by atoms with Gasteiger partial charge in [0, 0.05) is 25.9 Å². The minimum absolute atomic E-state index is 0.194. The average Bonchev–Trinajstić information content (AvgIpc) is 3.18. The van der Waals surface area contributed by atoms with Crippen LogP contribution >= 0.6 is 11.8 Å². The van der Waals surface area contributed by atoms with E-state index in [9.17, 15) is 9.59 Å². The molecule has 0 aromatic carbocycles. The zero-order valence-electron chi connectivity index (χ0n) is 11.0. The highest BCUT2D eigenvalue weighted by Crippen LogP contribution is 2.41. The number of rotatable bonds is 4. The number of carbonyl (C=O) groups is 2. The number of nitrogens with one attached hydrogen (secondary N) is 1. The number of hydrogen-bond donors (Lipinski definition) is 1. The molecule has 1 aliphatic heterocycles. The number of Topliss-reactive ketones (excluding diaryl/α,β-unsaturated/α-hetero) is 1. The van der Waals surface area contributed by atoms with E-state index < -0.39 is 0 Å². The summed E-state index contributed by atoms with van der Waals surface area (Å²) >= 11 is 1.64. The first-order valence-corrected chi connectivity index (χ1v) is 7.66. The van der Waals surface area contributed by atoms with Crippen LogP contribution in [0.4, 0.5) is 0 Å². The molecule has 1 heterocycles. The van der Waals surface area contributed by atoms with Crippen LogP contribution in [-0.2, 0) is 9.59 Å². The molecule has 4 nitrogen and oxygen atoms in total. The molecule has 0 aromatic rings. The number of likely N-dealkylation sites (N-methyl/N-ethyl adjacent to an activating group) is 1. The Bertz CT molecular complexity index is 480. The Morgan fingerprint density at radius 3 is 3.00 bits per heavy atom. The molecule has 0 radical (unpaired) electrons. The Morgan fingerprint density at radius 1 is 1.53 bits per heavy atom. The van der Waals surface area contributed by atoms with Crippen LogP contribution in [0, 0.1) is 5.92 Å². The molecule has 1 unspecified atom stereocenters. The van der Waals surface area contributed by atoms with E-state index >= 15 is 0 Å². The second-order valence-electron chi connectivity index (χ2n) is 5.28. The summed E-state index contributed by atoms with van der Waals surface area (Å²) in [7, 11) is 2.02. The van der Waals surface area contributed by atoms with Gasteiger partial charge in [0.15, 0.2) is 5.78 Å². The molecule has 0 spiro atoms. The van der Waals surface area contributed by atoms with Crippen LogP contribution in [0.1, 0.15) is 25.7 Å². The van der Waals surface area contributed by atoms with Gasteiger partial charge in [0.25, 0.3) is 0 Å². The summed E-state index contributed by atoms with van der Waals surface area (Å²) in [4.78, 5) is 26.4. The van der Waals surface area contributed by atoms with Crippen LogP contribution in [-0.4, -0.2) is 35.6 Å². The third-order valence-electron chi connectivity index (χ3n) is 3.77. The maximum atomic E-state index is 11.8. The van der Waals surface area contributed by atoms with Crippen LogP contribution in [0.2, 0.25) is 0 Å². The zero-order chi connectivity index (χ0) is 13.4. The van der Waals surface area contributed by atoms with Gasteiger partial charge < -0.3 is 10.2 Å². The quantitative estimate of drug-likeness (QED) is 0.849. The van der Waals surface area contributed by atoms with Crippen LogP contribution in [0.5, 0.6) is 0 Å². The van der Waals surface area contributed by atoms with Crippen LogP contribution < -0.4 is 5.32 Å². The summed E-state index contributed by atoms with van der Waals surface area (Å²) in [5, 5.41) is 3.24. The second kappa shape index (κ2) is 5.04. The van der Waals surface area contributed by atoms with Crippen molar-refractivity contribution in [1.82, 2.24) is 10.2 Å². The van der Waals surface area contributed by atoms with Crippen molar-refractivity contribution in [3.63, 3.8) is 0 Å². The zero-order valence-corrected chi connectivity index (χ0v) is 11.8. The number of nitrogens with zero attached hydrogens (tertiary/aromatic N) is 1. The van der Waals surface area contributed by atoms with E-state index in [2.05, 4.69) is 10.2 Å². The fraction of sp³-hybridized carbons (Fsp3) is 0.571. The van der Waals surface area contributed by atoms with Crippen molar-refractivity contribution in [2.45, 2.75) is 31.1 Å². The van der Waals surface area contributed by atoms with Gasteiger partial charge in [-0.1, -0.05) is 17.8 Å². The molecule has 1 fully saturated rings. The molecular formula is C14H18N2O2S. The first kappa shape index (κ1) is 12.8. The van der Waals surface area contributed by atoms with Crippen molar-refractivity contribution < 1.29 is 9.59 Å². The third-order valence-corrected chi connectivity index (χ3v) is 5.27. The van der Waals surface area contributed by atoms with Crippen LogP contribution in [0.3, 0.4) is 0 Å². The molecule has 3 aliphatic rings. The van der Waals surface area contributed by atoms with Crippen molar-refractivity contribution in [1.29, 1.82) is 0 Å². The van der Waals surface area contributed by atoms with Crippen molar-refractivity contribution in [2.75, 3.05) is 13.6 Å². The van der Waals surface area contributed by atoms with Gasteiger partial charge in [-0.15, -0.1) is 0 Å². The summed E-state index contributed by atoms with van der Waals surface area (Å²) in [6.07, 6.45) is 7.43. The van der Waals surface area contributed by atoms with Gasteiger partial charge in [-0.25, -0.2) is 0 Å². The highest BCUT2D eigenvalue weighted by Gasteiger charge is 2.34. The molecule has 2 aliphatic carbocycles. The molecule has 0 aromatic heterocycles. The summed E-state index contributed by atoms with van der Waals surface area (Å²) < 4.78 is 0. The number of allylic oxidation sites excluding steroid dienone is 3. The molecule has 0 bridgehead atoms. The molecule has 3 rings (SSSR count). The molecule has 1 amide bonds. The normalized spacial score (nSPS) is 25.8. The fourth-order valence-corrected chi connectivity index (χ4v) is 3.75. The topological polar surface area (TPSA) is 49.4 Å². The SMILES string of the molecule is CN1C2=C(SC1CCNC(=O)C1CC1)C(=O)CC=C2. The third kappa shape index (κ3) is 2.56. The van der Waals surface area contributed by atoms with Crippen LogP contribution in [0.25, 0.3) is 0 Å². The highest BCUT2D eigenvalue weighted by atomic mass is 32.2. The predicted octanol–water partition coefficient (Wildman–Crippen LogP) is 1.65. The van der Waals surface area contributed by atoms with Gasteiger partial charge in [0.05, 0.1) is 16.0 Å². The van der Waals surface area contributed by atoms with E-state index in [0.717, 1.165) is 29.9 Å². The number of amides is 1. The Morgan fingerprint density at radius 2 is 2.32 bits per heavy atom. The van der Waals surface area contributed by atoms with E-state index in [-0.39, 0.29) is 23.0 Å². The molecule has 1 saturated carbocycles. The van der Waals surface area contributed by atoms with E-state index in [0.29, 0.717) is 13.0 Å². The van der Waals surface area contributed by atoms with Gasteiger partial charge in [-0.05, 0) is 25.3 Å². The first-order chi connectivity index (χ1) is 9.16. The maximum Gasteiger partial charge on any atom is 0.223 e. The minimum Gasteiger partial charge on any atom is -0.361 e. The fourth-order valence-electron chi connectivity index (χ4n) is 2.42. The van der Waals surface area contributed by atoms with Crippen molar-refractivity contribution in [2.24, 2.45) is 5.92 Å². The molecule has 1 atom stereocenters. The average molecular weight is 278 g/mol. The molecule has 102 valence electrons. The highest BCUT2D eigenvalue weighted by molar-refractivity contribution is 8.04. The Hall–Kier alpha value is -1.23. The van der Waals surface area contributed by atoms with Gasteiger partial charge in [-0.2, -0.15) is 0 Å². The lowest BCUT2D eigenvalue weighted by molar-refractivity contribution is -0.122. The molecule has 5 heteroatoms. The van der Waals surface area contributed by atoms with Crippen molar-refractivity contribution in [3.8, 4) is 0 Å². The van der Waals surface area contributed by atoms with E-state index in [1.165, 1.54) is 0 Å². The molecular weight excluding hydrogens is 260 g/mol. The van der Waals surface area contributed by atoms with E-state index in [1.807, 2.05) is 19.2 Å². The summed E-state index contributed by atoms with van der Waals surface area (Å²) in [6, 6.07) is 0. The largest absolute Gasteiger partial charge is 0.361 e. The van der Waals surface area contributed by atoms with Gasteiger partial charge >= 0.3 is 0 Å². The number of carbonyl (C=O) groups excluding carboxylic acids is 2. The van der Waals surface area contributed by atoms with Gasteiger partial charge in [0.2, 0.25) is 5.91 Å². The molecule has 0 saturated heterocycles. The number of ketones is 1. The first-order valence-electron chi connectivity index (χ1n) is 6.78. The van der Waals surface area contributed by atoms with Gasteiger partial charge in [-0.3, -0.25) is 9.59 Å². The van der Waals surface area contributed by atoms with E-state index in [1.54, 1.807) is 11.8 Å². The second-order valence-corrected chi connectivity index (χ2v) is 6.47. The summed E-state index contributed by atoms with van der Waals surface area (Å²) in [5.74, 6) is 0.683. The van der Waals surface area contributed by atoms with Crippen LogP contribution in [0.15, 0.2) is 22.8 Å². The van der Waals surface area contributed by atoms with Gasteiger partial charge in [0.1, 0.15) is 0 Å². The van der Waals surface area contributed by atoms with Crippen molar-refractivity contribution in [3.05, 3.63) is 22.8 Å². The Kier molecular flexibility index (Phi) is 3.39. The summed E-state index contributed by atoms with van der Waals surface area (Å²) in [5.41, 5.74) is 1.04. The monoisotopic (exact) mass is 278 g/mol. The van der Waals surface area contributed by atoms with E-state index in [4.69, 9.17) is 0 Å².